The van der Waals surface area contributed by atoms with Gasteiger partial charge in [-0.3, -0.25) is 4.79 Å². The van der Waals surface area contributed by atoms with E-state index in [1.165, 1.54) is 17.5 Å². The summed E-state index contributed by atoms with van der Waals surface area (Å²) in [7, 11) is 0. The van der Waals surface area contributed by atoms with E-state index < -0.39 is 0 Å². The molecule has 0 fully saturated rings. The van der Waals surface area contributed by atoms with Crippen LogP contribution in [-0.4, -0.2) is 5.91 Å². The van der Waals surface area contributed by atoms with Crippen molar-refractivity contribution in [3.8, 4) is 0 Å². The summed E-state index contributed by atoms with van der Waals surface area (Å²) in [5, 5.41) is 2.96. The average molecular weight is 316 g/mol. The van der Waals surface area contributed by atoms with Crippen molar-refractivity contribution in [2.75, 3.05) is 5.32 Å². The second-order valence-electron chi connectivity index (χ2n) is 4.80. The molecule has 1 amide bonds. The molecular formula is C16H14BrNO. The second-order valence-corrected chi connectivity index (χ2v) is 5.72. The smallest absolute Gasteiger partial charge is 0.255 e. The van der Waals surface area contributed by atoms with Crippen LogP contribution in [0.3, 0.4) is 0 Å². The van der Waals surface area contributed by atoms with Gasteiger partial charge < -0.3 is 5.32 Å². The molecule has 0 saturated carbocycles. The number of halogens is 1. The number of nitrogens with one attached hydrogen (secondary N) is 1. The van der Waals surface area contributed by atoms with Gasteiger partial charge in [0, 0.05) is 15.7 Å². The predicted molar refractivity (Wildman–Crippen MR) is 80.6 cm³/mol. The maximum Gasteiger partial charge on any atom is 0.255 e. The summed E-state index contributed by atoms with van der Waals surface area (Å²) in [4.78, 5) is 12.1. The number of fused-ring (bicyclic) bond motifs is 1. The van der Waals surface area contributed by atoms with Gasteiger partial charge in [0.25, 0.3) is 5.91 Å². The molecule has 0 unspecified atom stereocenters. The van der Waals surface area contributed by atoms with Crippen molar-refractivity contribution >= 4 is 27.5 Å². The number of benzene rings is 2. The van der Waals surface area contributed by atoms with E-state index in [0.29, 0.717) is 5.56 Å². The Hall–Kier alpha value is -1.61. The Morgan fingerprint density at radius 1 is 1.05 bits per heavy atom. The number of anilines is 1. The van der Waals surface area contributed by atoms with Crippen molar-refractivity contribution < 1.29 is 4.79 Å². The van der Waals surface area contributed by atoms with Crippen molar-refractivity contribution in [2.24, 2.45) is 0 Å². The third-order valence-electron chi connectivity index (χ3n) is 3.44. The summed E-state index contributed by atoms with van der Waals surface area (Å²) in [6.07, 6.45) is 3.50. The first-order valence-electron chi connectivity index (χ1n) is 6.41. The van der Waals surface area contributed by atoms with Gasteiger partial charge in [0.1, 0.15) is 0 Å². The summed E-state index contributed by atoms with van der Waals surface area (Å²) >= 11 is 3.38. The molecular weight excluding hydrogens is 302 g/mol. The average Bonchev–Trinajstić information content (AvgIpc) is 2.86. The van der Waals surface area contributed by atoms with Crippen molar-refractivity contribution in [1.29, 1.82) is 0 Å². The molecule has 1 N–H and O–H groups in total. The topological polar surface area (TPSA) is 29.1 Å². The fourth-order valence-electron chi connectivity index (χ4n) is 2.48. The summed E-state index contributed by atoms with van der Waals surface area (Å²) in [6, 6.07) is 13.6. The zero-order valence-corrected chi connectivity index (χ0v) is 12.0. The first-order valence-corrected chi connectivity index (χ1v) is 7.20. The van der Waals surface area contributed by atoms with Crippen LogP contribution in [0, 0.1) is 0 Å². The van der Waals surface area contributed by atoms with Crippen LogP contribution in [0.2, 0.25) is 0 Å². The number of hydrogen-bond donors (Lipinski definition) is 1. The van der Waals surface area contributed by atoms with Crippen LogP contribution in [0.1, 0.15) is 27.9 Å². The highest BCUT2D eigenvalue weighted by molar-refractivity contribution is 9.10. The second kappa shape index (κ2) is 5.17. The molecule has 0 bridgehead atoms. The lowest BCUT2D eigenvalue weighted by Crippen LogP contribution is -2.11. The lowest BCUT2D eigenvalue weighted by molar-refractivity contribution is 0.102. The summed E-state index contributed by atoms with van der Waals surface area (Å²) in [5.74, 6) is -0.0701. The van der Waals surface area contributed by atoms with Gasteiger partial charge in [-0.2, -0.15) is 0 Å². The van der Waals surface area contributed by atoms with E-state index in [-0.39, 0.29) is 5.91 Å². The summed E-state index contributed by atoms with van der Waals surface area (Å²) in [5.41, 5.74) is 4.33. The molecule has 3 heteroatoms. The zero-order valence-electron chi connectivity index (χ0n) is 10.4. The summed E-state index contributed by atoms with van der Waals surface area (Å²) < 4.78 is 0.911. The number of rotatable bonds is 2. The lowest BCUT2D eigenvalue weighted by atomic mass is 10.1. The Morgan fingerprint density at radius 3 is 2.74 bits per heavy atom. The molecule has 0 heterocycles. The maximum absolute atomic E-state index is 12.1. The van der Waals surface area contributed by atoms with E-state index in [1.807, 2.05) is 30.3 Å². The largest absolute Gasteiger partial charge is 0.322 e. The molecule has 0 radical (unpaired) electrons. The van der Waals surface area contributed by atoms with E-state index in [1.54, 1.807) is 0 Å². The first-order chi connectivity index (χ1) is 9.22. The zero-order chi connectivity index (χ0) is 13.2. The number of aryl methyl sites for hydroxylation is 2. The minimum Gasteiger partial charge on any atom is -0.322 e. The Kier molecular flexibility index (Phi) is 3.38. The molecule has 0 aliphatic heterocycles. The minimum atomic E-state index is -0.0701. The standard InChI is InChI=1S/C16H14BrNO/c17-14-6-2-5-13(9-14)16(19)18-15-8-7-11-3-1-4-12(11)10-15/h2,5-10H,1,3-4H2,(H,18,19). The molecule has 2 aromatic carbocycles. The highest BCUT2D eigenvalue weighted by Gasteiger charge is 2.12. The van der Waals surface area contributed by atoms with Crippen LogP contribution in [0.4, 0.5) is 5.69 Å². The molecule has 0 saturated heterocycles. The number of carbonyl (C=O) groups is 1. The van der Waals surface area contributed by atoms with Gasteiger partial charge in [0.15, 0.2) is 0 Å². The van der Waals surface area contributed by atoms with E-state index in [2.05, 4.69) is 33.4 Å². The van der Waals surface area contributed by atoms with Crippen LogP contribution < -0.4 is 5.32 Å². The third kappa shape index (κ3) is 2.71. The molecule has 2 nitrogen and oxygen atoms in total. The maximum atomic E-state index is 12.1. The molecule has 2 aromatic rings. The Labute approximate surface area is 121 Å². The number of hydrogen-bond acceptors (Lipinski definition) is 1. The number of amides is 1. The summed E-state index contributed by atoms with van der Waals surface area (Å²) in [6.45, 7) is 0. The van der Waals surface area contributed by atoms with Crippen LogP contribution in [-0.2, 0) is 12.8 Å². The Balaban J connectivity index is 1.80. The van der Waals surface area contributed by atoms with Crippen LogP contribution in [0.5, 0.6) is 0 Å². The molecule has 0 atom stereocenters. The molecule has 96 valence electrons. The highest BCUT2D eigenvalue weighted by Crippen LogP contribution is 2.25. The normalized spacial score (nSPS) is 13.1. The van der Waals surface area contributed by atoms with E-state index in [4.69, 9.17) is 0 Å². The molecule has 19 heavy (non-hydrogen) atoms. The van der Waals surface area contributed by atoms with Crippen LogP contribution in [0.15, 0.2) is 46.9 Å². The fraction of sp³-hybridized carbons (Fsp3) is 0.188. The van der Waals surface area contributed by atoms with Gasteiger partial charge >= 0.3 is 0 Å². The van der Waals surface area contributed by atoms with Crippen molar-refractivity contribution in [3.05, 3.63) is 63.6 Å². The van der Waals surface area contributed by atoms with Gasteiger partial charge in [-0.25, -0.2) is 0 Å². The molecule has 3 rings (SSSR count). The highest BCUT2D eigenvalue weighted by atomic mass is 79.9. The Morgan fingerprint density at radius 2 is 1.89 bits per heavy atom. The molecule has 0 aromatic heterocycles. The lowest BCUT2D eigenvalue weighted by Gasteiger charge is -2.07. The first kappa shape index (κ1) is 12.4. The van der Waals surface area contributed by atoms with Crippen molar-refractivity contribution in [1.82, 2.24) is 0 Å². The predicted octanol–water partition coefficient (Wildman–Crippen LogP) is 4.19. The van der Waals surface area contributed by atoms with Gasteiger partial charge in [-0.05, 0) is 60.7 Å². The van der Waals surface area contributed by atoms with Gasteiger partial charge in [-0.15, -0.1) is 0 Å². The fourth-order valence-corrected chi connectivity index (χ4v) is 2.88. The van der Waals surface area contributed by atoms with E-state index in [9.17, 15) is 4.79 Å². The van der Waals surface area contributed by atoms with Crippen LogP contribution in [0.25, 0.3) is 0 Å². The third-order valence-corrected chi connectivity index (χ3v) is 3.94. The quantitative estimate of drug-likeness (QED) is 0.884. The van der Waals surface area contributed by atoms with Gasteiger partial charge in [-0.1, -0.05) is 28.1 Å². The molecule has 1 aliphatic rings. The van der Waals surface area contributed by atoms with E-state index in [0.717, 1.165) is 23.0 Å². The molecule has 0 spiro atoms. The van der Waals surface area contributed by atoms with Crippen molar-refractivity contribution in [3.63, 3.8) is 0 Å². The SMILES string of the molecule is O=C(Nc1ccc2c(c1)CCC2)c1cccc(Br)c1. The van der Waals surface area contributed by atoms with Crippen LogP contribution >= 0.6 is 15.9 Å². The molecule has 1 aliphatic carbocycles. The monoisotopic (exact) mass is 315 g/mol. The van der Waals surface area contributed by atoms with Gasteiger partial charge in [0.2, 0.25) is 0 Å². The van der Waals surface area contributed by atoms with E-state index >= 15 is 0 Å². The van der Waals surface area contributed by atoms with Gasteiger partial charge in [0.05, 0.1) is 0 Å². The number of carbonyl (C=O) groups excluding carboxylic acids is 1. The Bertz CT molecular complexity index is 636. The minimum absolute atomic E-state index is 0.0701. The van der Waals surface area contributed by atoms with Crippen molar-refractivity contribution in [2.45, 2.75) is 19.3 Å².